The third kappa shape index (κ3) is 6.39. The number of thiazole rings is 1. The second-order valence-electron chi connectivity index (χ2n) is 5.87. The zero-order chi connectivity index (χ0) is 17.9. The fourth-order valence-corrected chi connectivity index (χ4v) is 3.62. The minimum Gasteiger partial charge on any atom is -0.320 e. The predicted molar refractivity (Wildman–Crippen MR) is 105 cm³/mol. The highest BCUT2D eigenvalue weighted by Gasteiger charge is 2.17. The zero-order valence-electron chi connectivity index (χ0n) is 14.3. The average Bonchev–Trinajstić information content (AvgIpc) is 2.92. The lowest BCUT2D eigenvalue weighted by Gasteiger charge is -2.09. The van der Waals surface area contributed by atoms with Crippen LogP contribution in [0.25, 0.3) is 11.3 Å². The molecule has 0 aliphatic heterocycles. The maximum absolute atomic E-state index is 12.0. The molecule has 0 radical (unpaired) electrons. The van der Waals surface area contributed by atoms with Crippen LogP contribution in [0, 0.1) is 13.8 Å². The number of carbonyl (C=O) groups is 1. The number of carbonyl (C=O) groups excluding carboxylic acids is 1. The Morgan fingerprint density at radius 1 is 1.36 bits per heavy atom. The maximum atomic E-state index is 12.0. The van der Waals surface area contributed by atoms with E-state index < -0.39 is 21.8 Å². The summed E-state index contributed by atoms with van der Waals surface area (Å²) in [7, 11) is -3.14. The average molecular weight is 404 g/mol. The van der Waals surface area contributed by atoms with Crippen molar-refractivity contribution in [1.82, 2.24) is 4.98 Å². The number of amides is 1. The van der Waals surface area contributed by atoms with Crippen molar-refractivity contribution in [3.05, 3.63) is 34.7 Å². The predicted octanol–water partition coefficient (Wildman–Crippen LogP) is 2.55. The molecule has 1 atom stereocenters. The van der Waals surface area contributed by atoms with E-state index in [0.717, 1.165) is 23.1 Å². The number of nitrogens with one attached hydrogen (secondary N) is 1. The van der Waals surface area contributed by atoms with E-state index in [1.165, 1.54) is 16.9 Å². The van der Waals surface area contributed by atoms with Gasteiger partial charge in [-0.15, -0.1) is 23.7 Å². The van der Waals surface area contributed by atoms with E-state index in [9.17, 15) is 13.2 Å². The largest absolute Gasteiger partial charge is 0.320 e. The summed E-state index contributed by atoms with van der Waals surface area (Å²) in [5.74, 6) is -0.548. The van der Waals surface area contributed by atoms with E-state index in [1.54, 1.807) is 0 Å². The molecule has 1 aromatic heterocycles. The quantitative estimate of drug-likeness (QED) is 0.771. The molecule has 1 unspecified atom stereocenters. The molecule has 1 heterocycles. The number of benzene rings is 1. The molecule has 0 saturated heterocycles. The summed E-state index contributed by atoms with van der Waals surface area (Å²) >= 11 is 1.31. The SMILES string of the molecule is Cc1ccc(-c2csc(NC(=O)C(N)CCS(C)(=O)=O)n2)c(C)c1.Cl. The van der Waals surface area contributed by atoms with Gasteiger partial charge in [0.05, 0.1) is 17.5 Å². The van der Waals surface area contributed by atoms with Gasteiger partial charge in [0.1, 0.15) is 9.84 Å². The lowest BCUT2D eigenvalue weighted by atomic mass is 10.0. The highest BCUT2D eigenvalue weighted by molar-refractivity contribution is 7.90. The topological polar surface area (TPSA) is 102 Å². The molecule has 1 aromatic carbocycles. The van der Waals surface area contributed by atoms with Gasteiger partial charge in [0.15, 0.2) is 5.13 Å². The fraction of sp³-hybridized carbons (Fsp3) is 0.375. The molecule has 25 heavy (non-hydrogen) atoms. The molecule has 0 aliphatic rings. The van der Waals surface area contributed by atoms with Crippen LogP contribution in [0.15, 0.2) is 23.6 Å². The summed E-state index contributed by atoms with van der Waals surface area (Å²) in [6.07, 6.45) is 1.20. The molecule has 0 fully saturated rings. The zero-order valence-corrected chi connectivity index (χ0v) is 16.7. The first-order valence-corrected chi connectivity index (χ1v) is 10.4. The van der Waals surface area contributed by atoms with Crippen LogP contribution in [0.5, 0.6) is 0 Å². The number of sulfone groups is 1. The molecule has 0 aliphatic carbocycles. The molecular weight excluding hydrogens is 382 g/mol. The van der Waals surface area contributed by atoms with Crippen LogP contribution in [0.2, 0.25) is 0 Å². The second-order valence-corrected chi connectivity index (χ2v) is 8.99. The Bertz CT molecular complexity index is 850. The van der Waals surface area contributed by atoms with Gasteiger partial charge in [-0.05, 0) is 25.8 Å². The second kappa shape index (κ2) is 8.75. The lowest BCUT2D eigenvalue weighted by Crippen LogP contribution is -2.37. The van der Waals surface area contributed by atoms with E-state index in [4.69, 9.17) is 5.73 Å². The van der Waals surface area contributed by atoms with E-state index in [-0.39, 0.29) is 24.6 Å². The smallest absolute Gasteiger partial charge is 0.243 e. The first-order chi connectivity index (χ1) is 11.2. The number of rotatable bonds is 6. The highest BCUT2D eigenvalue weighted by Crippen LogP contribution is 2.28. The van der Waals surface area contributed by atoms with Crippen LogP contribution in [-0.2, 0) is 14.6 Å². The van der Waals surface area contributed by atoms with Crippen molar-refractivity contribution in [2.24, 2.45) is 5.73 Å². The number of nitrogens with zero attached hydrogens (tertiary/aromatic N) is 1. The third-order valence-corrected chi connectivity index (χ3v) is 5.26. The Kier molecular flexibility index (Phi) is 7.55. The summed E-state index contributed by atoms with van der Waals surface area (Å²) in [5.41, 5.74) is 9.82. The molecule has 0 bridgehead atoms. The number of halogens is 1. The van der Waals surface area contributed by atoms with Crippen molar-refractivity contribution < 1.29 is 13.2 Å². The Balaban J connectivity index is 0.00000312. The van der Waals surface area contributed by atoms with Gasteiger partial charge in [0.25, 0.3) is 0 Å². The standard InChI is InChI=1S/C16H21N3O3S2.ClH/c1-10-4-5-12(11(2)8-10)14-9-23-16(18-14)19-15(20)13(17)6-7-24(3,21)22;/h4-5,8-9,13H,6-7,17H2,1-3H3,(H,18,19,20);1H. The van der Waals surface area contributed by atoms with Crippen molar-refractivity contribution in [3.63, 3.8) is 0 Å². The fourth-order valence-electron chi connectivity index (χ4n) is 2.23. The Morgan fingerprint density at radius 3 is 2.64 bits per heavy atom. The van der Waals surface area contributed by atoms with Crippen molar-refractivity contribution in [3.8, 4) is 11.3 Å². The van der Waals surface area contributed by atoms with Gasteiger partial charge < -0.3 is 11.1 Å². The molecular formula is C16H22ClN3O3S2. The first-order valence-electron chi connectivity index (χ1n) is 7.43. The minimum atomic E-state index is -3.14. The summed E-state index contributed by atoms with van der Waals surface area (Å²) in [6, 6.07) is 5.21. The number of aryl methyl sites for hydroxylation is 2. The molecule has 6 nitrogen and oxygen atoms in total. The molecule has 3 N–H and O–H groups in total. The van der Waals surface area contributed by atoms with Crippen LogP contribution in [-0.4, -0.2) is 37.4 Å². The number of anilines is 1. The van der Waals surface area contributed by atoms with Crippen molar-refractivity contribution >= 4 is 44.6 Å². The number of aromatic nitrogens is 1. The van der Waals surface area contributed by atoms with Crippen molar-refractivity contribution in [2.45, 2.75) is 26.3 Å². The van der Waals surface area contributed by atoms with Gasteiger partial charge >= 0.3 is 0 Å². The Morgan fingerprint density at radius 2 is 2.04 bits per heavy atom. The monoisotopic (exact) mass is 403 g/mol. The molecule has 2 aromatic rings. The molecule has 2 rings (SSSR count). The number of hydrogen-bond donors (Lipinski definition) is 2. The molecule has 1 amide bonds. The molecule has 138 valence electrons. The molecule has 9 heteroatoms. The minimum absolute atomic E-state index is 0. The van der Waals surface area contributed by atoms with Gasteiger partial charge in [-0.3, -0.25) is 4.79 Å². The summed E-state index contributed by atoms with van der Waals surface area (Å²) in [6.45, 7) is 4.04. The Labute approximate surface area is 158 Å². The van der Waals surface area contributed by atoms with Gasteiger partial charge in [-0.25, -0.2) is 13.4 Å². The third-order valence-electron chi connectivity index (χ3n) is 3.53. The maximum Gasteiger partial charge on any atom is 0.243 e. The van der Waals surface area contributed by atoms with E-state index in [0.29, 0.717) is 5.13 Å². The number of hydrogen-bond acceptors (Lipinski definition) is 6. The van der Waals surface area contributed by atoms with E-state index >= 15 is 0 Å². The van der Waals surface area contributed by atoms with Gasteiger partial charge in [0.2, 0.25) is 5.91 Å². The normalized spacial score (nSPS) is 12.3. The van der Waals surface area contributed by atoms with E-state index in [2.05, 4.69) is 16.4 Å². The Hall–Kier alpha value is -1.48. The first kappa shape index (κ1) is 21.6. The summed E-state index contributed by atoms with van der Waals surface area (Å²) in [4.78, 5) is 16.4. The van der Waals surface area contributed by atoms with Crippen LogP contribution in [0.1, 0.15) is 17.5 Å². The van der Waals surface area contributed by atoms with Gasteiger partial charge in [-0.2, -0.15) is 0 Å². The van der Waals surface area contributed by atoms with E-state index in [1.807, 2.05) is 31.4 Å². The molecule has 0 spiro atoms. The van der Waals surface area contributed by atoms with Gasteiger partial charge in [-0.1, -0.05) is 23.8 Å². The summed E-state index contributed by atoms with van der Waals surface area (Å²) in [5, 5.41) is 4.97. The number of nitrogens with two attached hydrogens (primary N) is 1. The van der Waals surface area contributed by atoms with Crippen molar-refractivity contribution in [2.75, 3.05) is 17.3 Å². The summed E-state index contributed by atoms with van der Waals surface area (Å²) < 4.78 is 22.3. The lowest BCUT2D eigenvalue weighted by molar-refractivity contribution is -0.117. The van der Waals surface area contributed by atoms with Crippen LogP contribution in [0.3, 0.4) is 0 Å². The highest BCUT2D eigenvalue weighted by atomic mass is 35.5. The van der Waals surface area contributed by atoms with Crippen LogP contribution >= 0.6 is 23.7 Å². The van der Waals surface area contributed by atoms with Gasteiger partial charge in [0, 0.05) is 17.2 Å². The van der Waals surface area contributed by atoms with Crippen LogP contribution in [0.4, 0.5) is 5.13 Å². The van der Waals surface area contributed by atoms with Crippen LogP contribution < -0.4 is 11.1 Å². The molecule has 0 saturated carbocycles. The van der Waals surface area contributed by atoms with Crippen molar-refractivity contribution in [1.29, 1.82) is 0 Å².